The molecule has 0 fully saturated rings. The van der Waals surface area contributed by atoms with Gasteiger partial charge in [-0.1, -0.05) is 90.5 Å². The van der Waals surface area contributed by atoms with Crippen LogP contribution in [0.2, 0.25) is 0 Å². The highest BCUT2D eigenvalue weighted by Gasteiger charge is 2.22. The summed E-state index contributed by atoms with van der Waals surface area (Å²) in [4.78, 5) is 24.2. The van der Waals surface area contributed by atoms with Crippen molar-refractivity contribution in [2.45, 2.75) is 117 Å². The highest BCUT2D eigenvalue weighted by molar-refractivity contribution is 5.72. The number of unbranched alkanes of at least 4 members (excludes halogenated alkanes) is 6. The summed E-state index contributed by atoms with van der Waals surface area (Å²) >= 11 is 0. The number of benzene rings is 2. The fourth-order valence-corrected chi connectivity index (χ4v) is 4.83. The van der Waals surface area contributed by atoms with Crippen molar-refractivity contribution in [2.24, 2.45) is 0 Å². The van der Waals surface area contributed by atoms with Crippen LogP contribution in [0, 0.1) is 0 Å². The number of carbonyl (C=O) groups is 2. The molecule has 0 heterocycles. The molecule has 0 saturated heterocycles. The molecule has 2 unspecified atom stereocenters. The monoisotopic (exact) mass is 494 g/mol. The smallest absolute Gasteiger partial charge is 0.311 e. The average molecular weight is 495 g/mol. The molecule has 2 atom stereocenters. The predicted molar refractivity (Wildman–Crippen MR) is 148 cm³/mol. The van der Waals surface area contributed by atoms with Crippen LogP contribution in [0.3, 0.4) is 0 Å². The van der Waals surface area contributed by atoms with Crippen LogP contribution >= 0.6 is 0 Å². The Morgan fingerprint density at radius 3 is 1.22 bits per heavy atom. The van der Waals surface area contributed by atoms with Crippen LogP contribution in [0.5, 0.6) is 11.5 Å². The van der Waals surface area contributed by atoms with Crippen molar-refractivity contribution in [1.29, 1.82) is 0 Å². The van der Waals surface area contributed by atoms with E-state index < -0.39 is 0 Å². The van der Waals surface area contributed by atoms with Gasteiger partial charge in [-0.05, 0) is 72.9 Å². The van der Waals surface area contributed by atoms with Crippen LogP contribution in [0.25, 0.3) is 0 Å². The summed E-state index contributed by atoms with van der Waals surface area (Å²) in [5.41, 5.74) is 2.49. The van der Waals surface area contributed by atoms with Crippen LogP contribution < -0.4 is 9.47 Å². The van der Waals surface area contributed by atoms with E-state index in [0.29, 0.717) is 36.2 Å². The molecule has 4 heteroatoms. The molecule has 0 aliphatic heterocycles. The maximum Gasteiger partial charge on any atom is 0.311 e. The van der Waals surface area contributed by atoms with Crippen molar-refractivity contribution in [1.82, 2.24) is 0 Å². The first-order valence-corrected chi connectivity index (χ1v) is 14.1. The van der Waals surface area contributed by atoms with Gasteiger partial charge in [0.2, 0.25) is 0 Å². The standard InChI is InChI=1S/C32H46O4/c1-5-9-11-13-15-31(33)35-27-21-17-25(18-22-27)29(7-3)30(8-4)26-19-23-28(24-20-26)36-32(34)16-14-12-10-6-2/h17-24,29-30H,5-16H2,1-4H3. The molecule has 0 radical (unpaired) electrons. The number of rotatable bonds is 17. The Balaban J connectivity index is 1.97. The third kappa shape index (κ3) is 10.2. The van der Waals surface area contributed by atoms with Gasteiger partial charge in [-0.2, -0.15) is 0 Å². The fourth-order valence-electron chi connectivity index (χ4n) is 4.83. The van der Waals surface area contributed by atoms with Gasteiger partial charge < -0.3 is 9.47 Å². The first-order chi connectivity index (χ1) is 17.5. The van der Waals surface area contributed by atoms with Gasteiger partial charge >= 0.3 is 11.9 Å². The van der Waals surface area contributed by atoms with Gasteiger partial charge in [-0.3, -0.25) is 9.59 Å². The van der Waals surface area contributed by atoms with E-state index in [1.165, 1.54) is 11.1 Å². The normalized spacial score (nSPS) is 12.7. The van der Waals surface area contributed by atoms with Crippen molar-refractivity contribution in [3.05, 3.63) is 59.7 Å². The van der Waals surface area contributed by atoms with E-state index in [0.717, 1.165) is 64.2 Å². The molecular formula is C32H46O4. The third-order valence-electron chi connectivity index (χ3n) is 6.91. The Kier molecular flexibility index (Phi) is 13.9. The van der Waals surface area contributed by atoms with E-state index in [1.807, 2.05) is 24.3 Å². The molecule has 0 N–H and O–H groups in total. The summed E-state index contributed by atoms with van der Waals surface area (Å²) in [6.07, 6.45) is 11.5. The SMILES string of the molecule is CCCCCCC(=O)Oc1ccc(C(CC)C(CC)c2ccc(OC(=O)CCCCCC)cc2)cc1. The maximum absolute atomic E-state index is 12.1. The fraction of sp³-hybridized carbons (Fsp3) is 0.562. The molecule has 4 nitrogen and oxygen atoms in total. The summed E-state index contributed by atoms with van der Waals surface area (Å²) in [5, 5.41) is 0. The van der Waals surface area contributed by atoms with Crippen LogP contribution in [0.4, 0.5) is 0 Å². The zero-order valence-corrected chi connectivity index (χ0v) is 22.9. The Hall–Kier alpha value is -2.62. The summed E-state index contributed by atoms with van der Waals surface area (Å²) < 4.78 is 11.1. The summed E-state index contributed by atoms with van der Waals surface area (Å²) in [7, 11) is 0. The molecule has 0 bridgehead atoms. The van der Waals surface area contributed by atoms with Gasteiger partial charge in [0.25, 0.3) is 0 Å². The van der Waals surface area contributed by atoms with Crippen LogP contribution in [0.1, 0.15) is 128 Å². The number of esters is 2. The Bertz CT molecular complexity index is 810. The van der Waals surface area contributed by atoms with Crippen LogP contribution in [0.15, 0.2) is 48.5 Å². The largest absolute Gasteiger partial charge is 0.427 e. The van der Waals surface area contributed by atoms with Gasteiger partial charge in [-0.25, -0.2) is 0 Å². The molecule has 2 rings (SSSR count). The highest BCUT2D eigenvalue weighted by Crippen LogP contribution is 2.39. The molecular weight excluding hydrogens is 448 g/mol. The lowest BCUT2D eigenvalue weighted by atomic mass is 9.78. The molecule has 198 valence electrons. The van der Waals surface area contributed by atoms with E-state index in [-0.39, 0.29) is 11.9 Å². The zero-order chi connectivity index (χ0) is 26.2. The molecule has 36 heavy (non-hydrogen) atoms. The average Bonchev–Trinajstić information content (AvgIpc) is 2.89. The molecule has 0 spiro atoms. The number of carbonyl (C=O) groups excluding carboxylic acids is 2. The van der Waals surface area contributed by atoms with Crippen molar-refractivity contribution in [3.8, 4) is 11.5 Å². The Morgan fingerprint density at radius 1 is 0.556 bits per heavy atom. The van der Waals surface area contributed by atoms with Gasteiger partial charge in [0, 0.05) is 12.8 Å². The number of ether oxygens (including phenoxy) is 2. The highest BCUT2D eigenvalue weighted by atomic mass is 16.5. The molecule has 0 aromatic heterocycles. The van der Waals surface area contributed by atoms with E-state index >= 15 is 0 Å². The minimum absolute atomic E-state index is 0.154. The second-order valence-electron chi connectivity index (χ2n) is 9.74. The van der Waals surface area contributed by atoms with Gasteiger partial charge in [0.15, 0.2) is 0 Å². The van der Waals surface area contributed by atoms with E-state index in [4.69, 9.17) is 9.47 Å². The predicted octanol–water partition coefficient (Wildman–Crippen LogP) is 9.13. The second-order valence-corrected chi connectivity index (χ2v) is 9.74. The van der Waals surface area contributed by atoms with E-state index in [1.54, 1.807) is 0 Å². The molecule has 0 saturated carbocycles. The molecule has 2 aromatic rings. The lowest BCUT2D eigenvalue weighted by Gasteiger charge is -2.26. The summed E-state index contributed by atoms with van der Waals surface area (Å²) in [6.45, 7) is 8.75. The lowest BCUT2D eigenvalue weighted by Crippen LogP contribution is -2.11. The quantitative estimate of drug-likeness (QED) is 0.125. The summed E-state index contributed by atoms with van der Waals surface area (Å²) in [5.74, 6) is 1.62. The van der Waals surface area contributed by atoms with Crippen molar-refractivity contribution < 1.29 is 19.1 Å². The van der Waals surface area contributed by atoms with Gasteiger partial charge in [0.1, 0.15) is 11.5 Å². The van der Waals surface area contributed by atoms with Crippen molar-refractivity contribution in [3.63, 3.8) is 0 Å². The Morgan fingerprint density at radius 2 is 0.917 bits per heavy atom. The van der Waals surface area contributed by atoms with E-state index in [9.17, 15) is 9.59 Å². The number of hydrogen-bond acceptors (Lipinski definition) is 4. The minimum atomic E-state index is -0.154. The first kappa shape index (κ1) is 29.6. The minimum Gasteiger partial charge on any atom is -0.427 e. The molecule has 0 aliphatic carbocycles. The molecule has 0 aliphatic rings. The van der Waals surface area contributed by atoms with Crippen molar-refractivity contribution in [2.75, 3.05) is 0 Å². The first-order valence-electron chi connectivity index (χ1n) is 14.1. The molecule has 2 aromatic carbocycles. The Labute approximate surface area is 218 Å². The van der Waals surface area contributed by atoms with Gasteiger partial charge in [-0.15, -0.1) is 0 Å². The zero-order valence-electron chi connectivity index (χ0n) is 22.9. The molecule has 0 amide bonds. The van der Waals surface area contributed by atoms with Crippen molar-refractivity contribution >= 4 is 11.9 Å². The maximum atomic E-state index is 12.1. The number of hydrogen-bond donors (Lipinski definition) is 0. The van der Waals surface area contributed by atoms with Crippen LogP contribution in [-0.4, -0.2) is 11.9 Å². The lowest BCUT2D eigenvalue weighted by molar-refractivity contribution is -0.135. The third-order valence-corrected chi connectivity index (χ3v) is 6.91. The second kappa shape index (κ2) is 16.9. The summed E-state index contributed by atoms with van der Waals surface area (Å²) in [6, 6.07) is 16.0. The van der Waals surface area contributed by atoms with E-state index in [2.05, 4.69) is 52.0 Å². The van der Waals surface area contributed by atoms with Gasteiger partial charge in [0.05, 0.1) is 0 Å². The topological polar surface area (TPSA) is 52.6 Å². The van der Waals surface area contributed by atoms with Crippen LogP contribution in [-0.2, 0) is 9.59 Å².